The summed E-state index contributed by atoms with van der Waals surface area (Å²) in [5.41, 5.74) is 3.02. The Labute approximate surface area is 124 Å². The van der Waals surface area contributed by atoms with Crippen molar-refractivity contribution < 1.29 is 9.90 Å². The SMILES string of the molecule is N#Cc1cc2c(nc1N1CCC(CCC(=O)O)C1)CCC2. The molecule has 1 aromatic heterocycles. The summed E-state index contributed by atoms with van der Waals surface area (Å²) in [5.74, 6) is 0.459. The molecule has 1 aromatic rings. The van der Waals surface area contributed by atoms with Gasteiger partial charge in [-0.2, -0.15) is 5.26 Å². The molecule has 1 N–H and O–H groups in total. The van der Waals surface area contributed by atoms with Crippen molar-refractivity contribution in [3.63, 3.8) is 0 Å². The van der Waals surface area contributed by atoms with Crippen molar-refractivity contribution in [2.24, 2.45) is 5.92 Å². The molecule has 3 rings (SSSR count). The van der Waals surface area contributed by atoms with Gasteiger partial charge >= 0.3 is 5.97 Å². The molecule has 2 heterocycles. The minimum absolute atomic E-state index is 0.223. The third-order valence-corrected chi connectivity index (χ3v) is 4.50. The number of rotatable bonds is 4. The summed E-state index contributed by atoms with van der Waals surface area (Å²) in [7, 11) is 0. The van der Waals surface area contributed by atoms with Gasteiger partial charge in [-0.1, -0.05) is 0 Å². The number of nitrogens with zero attached hydrogens (tertiary/aromatic N) is 3. The van der Waals surface area contributed by atoms with Crippen molar-refractivity contribution >= 4 is 11.8 Å². The number of fused-ring (bicyclic) bond motifs is 1. The van der Waals surface area contributed by atoms with Crippen LogP contribution in [-0.4, -0.2) is 29.1 Å². The second-order valence-electron chi connectivity index (χ2n) is 5.96. The molecule has 0 bridgehead atoms. The first-order valence-corrected chi connectivity index (χ1v) is 7.57. The van der Waals surface area contributed by atoms with E-state index < -0.39 is 5.97 Å². The molecule has 2 aliphatic rings. The maximum atomic E-state index is 10.7. The van der Waals surface area contributed by atoms with Gasteiger partial charge < -0.3 is 10.0 Å². The fraction of sp³-hybridized carbons (Fsp3) is 0.562. The van der Waals surface area contributed by atoms with E-state index in [1.165, 1.54) is 5.56 Å². The molecule has 1 aliphatic heterocycles. The summed E-state index contributed by atoms with van der Waals surface area (Å²) in [6, 6.07) is 4.26. The molecular formula is C16H19N3O2. The van der Waals surface area contributed by atoms with Crippen molar-refractivity contribution in [3.8, 4) is 6.07 Å². The predicted molar refractivity (Wildman–Crippen MR) is 78.2 cm³/mol. The van der Waals surface area contributed by atoms with E-state index in [2.05, 4.69) is 11.0 Å². The standard InChI is InChI=1S/C16H19N3O2/c17-9-13-8-12-2-1-3-14(12)18-16(13)19-7-6-11(10-19)4-5-15(20)21/h8,11H,1-7,10H2,(H,20,21). The summed E-state index contributed by atoms with van der Waals surface area (Å²) < 4.78 is 0. The van der Waals surface area contributed by atoms with Crippen molar-refractivity contribution in [3.05, 3.63) is 22.9 Å². The summed E-state index contributed by atoms with van der Waals surface area (Å²) in [6.45, 7) is 1.68. The van der Waals surface area contributed by atoms with Gasteiger partial charge in [0.1, 0.15) is 11.9 Å². The Kier molecular flexibility index (Phi) is 3.78. The van der Waals surface area contributed by atoms with Crippen molar-refractivity contribution in [1.29, 1.82) is 5.26 Å². The lowest BCUT2D eigenvalue weighted by Gasteiger charge is -2.19. The van der Waals surface area contributed by atoms with Gasteiger partial charge in [0.05, 0.1) is 5.56 Å². The molecule has 5 heteroatoms. The Hall–Kier alpha value is -2.09. The molecule has 0 saturated carbocycles. The lowest BCUT2D eigenvalue weighted by molar-refractivity contribution is -0.137. The number of aliphatic carboxylic acids is 1. The molecule has 0 radical (unpaired) electrons. The second-order valence-corrected chi connectivity index (χ2v) is 5.96. The molecule has 21 heavy (non-hydrogen) atoms. The van der Waals surface area contributed by atoms with Crippen LogP contribution in [0.25, 0.3) is 0 Å². The van der Waals surface area contributed by atoms with Crippen LogP contribution in [0.3, 0.4) is 0 Å². The van der Waals surface area contributed by atoms with Crippen LogP contribution in [0.15, 0.2) is 6.07 Å². The monoisotopic (exact) mass is 285 g/mol. The van der Waals surface area contributed by atoms with E-state index in [1.54, 1.807) is 0 Å². The summed E-state index contributed by atoms with van der Waals surface area (Å²) >= 11 is 0. The zero-order chi connectivity index (χ0) is 14.8. The molecule has 0 aromatic carbocycles. The van der Waals surface area contributed by atoms with E-state index >= 15 is 0 Å². The lowest BCUT2D eigenvalue weighted by Crippen LogP contribution is -2.22. The average Bonchev–Trinajstić information content (AvgIpc) is 3.12. The first-order valence-electron chi connectivity index (χ1n) is 7.57. The number of aryl methyl sites for hydroxylation is 2. The molecule has 0 amide bonds. The number of carboxylic acid groups (broad SMARTS) is 1. The largest absolute Gasteiger partial charge is 0.481 e. The van der Waals surface area contributed by atoms with Crippen LogP contribution < -0.4 is 4.90 Å². The fourth-order valence-corrected chi connectivity index (χ4v) is 3.37. The zero-order valence-corrected chi connectivity index (χ0v) is 12.0. The average molecular weight is 285 g/mol. The Bertz CT molecular complexity index is 606. The molecule has 1 saturated heterocycles. The van der Waals surface area contributed by atoms with Crippen LogP contribution in [-0.2, 0) is 17.6 Å². The molecule has 1 fully saturated rings. The molecule has 0 spiro atoms. The Morgan fingerprint density at radius 3 is 3.14 bits per heavy atom. The highest BCUT2D eigenvalue weighted by Gasteiger charge is 2.27. The van der Waals surface area contributed by atoms with Crippen LogP contribution in [0, 0.1) is 17.2 Å². The number of aromatic nitrogens is 1. The van der Waals surface area contributed by atoms with Gasteiger partial charge in [0.25, 0.3) is 0 Å². The van der Waals surface area contributed by atoms with Crippen molar-refractivity contribution in [2.45, 2.75) is 38.5 Å². The number of anilines is 1. The van der Waals surface area contributed by atoms with Gasteiger partial charge in [0.15, 0.2) is 0 Å². The van der Waals surface area contributed by atoms with Crippen molar-refractivity contribution in [1.82, 2.24) is 4.98 Å². The molecule has 1 unspecified atom stereocenters. The molecule has 5 nitrogen and oxygen atoms in total. The van der Waals surface area contributed by atoms with Gasteiger partial charge in [-0.25, -0.2) is 4.98 Å². The highest BCUT2D eigenvalue weighted by atomic mass is 16.4. The third-order valence-electron chi connectivity index (χ3n) is 4.50. The van der Waals surface area contributed by atoms with Crippen molar-refractivity contribution in [2.75, 3.05) is 18.0 Å². The molecule has 110 valence electrons. The summed E-state index contributed by atoms with van der Waals surface area (Å²) in [6.07, 6.45) is 5.07. The highest BCUT2D eigenvalue weighted by molar-refractivity contribution is 5.66. The Morgan fingerprint density at radius 1 is 1.52 bits per heavy atom. The van der Waals surface area contributed by atoms with Crippen LogP contribution in [0.1, 0.15) is 42.5 Å². The number of hydrogen-bond acceptors (Lipinski definition) is 4. The number of nitriles is 1. The van der Waals surface area contributed by atoms with Crippen LogP contribution in [0.2, 0.25) is 0 Å². The van der Waals surface area contributed by atoms with Gasteiger partial charge in [-0.15, -0.1) is 0 Å². The van der Waals surface area contributed by atoms with Crippen LogP contribution in [0.5, 0.6) is 0 Å². The maximum absolute atomic E-state index is 10.7. The zero-order valence-electron chi connectivity index (χ0n) is 12.0. The van der Waals surface area contributed by atoms with E-state index in [0.717, 1.165) is 50.3 Å². The van der Waals surface area contributed by atoms with Crippen LogP contribution >= 0.6 is 0 Å². The predicted octanol–water partition coefficient (Wildman–Crippen LogP) is 2.13. The Balaban J connectivity index is 1.76. The van der Waals surface area contributed by atoms with Gasteiger partial charge in [0.2, 0.25) is 0 Å². The lowest BCUT2D eigenvalue weighted by atomic mass is 10.0. The minimum atomic E-state index is -0.734. The van der Waals surface area contributed by atoms with E-state index in [4.69, 9.17) is 10.1 Å². The highest BCUT2D eigenvalue weighted by Crippen LogP contribution is 2.31. The second kappa shape index (κ2) is 5.72. The smallest absolute Gasteiger partial charge is 0.303 e. The molecule has 1 atom stereocenters. The summed E-state index contributed by atoms with van der Waals surface area (Å²) in [5, 5.41) is 18.1. The number of pyridine rings is 1. The Morgan fingerprint density at radius 2 is 2.38 bits per heavy atom. The van der Waals surface area contributed by atoms with E-state index in [9.17, 15) is 10.1 Å². The number of carboxylic acids is 1. The van der Waals surface area contributed by atoms with E-state index in [1.807, 2.05) is 6.07 Å². The fourth-order valence-electron chi connectivity index (χ4n) is 3.37. The number of carbonyl (C=O) groups is 1. The van der Waals surface area contributed by atoms with Gasteiger partial charge in [-0.3, -0.25) is 4.79 Å². The molecular weight excluding hydrogens is 266 g/mol. The van der Waals surface area contributed by atoms with Crippen LogP contribution in [0.4, 0.5) is 5.82 Å². The summed E-state index contributed by atoms with van der Waals surface area (Å²) in [4.78, 5) is 17.5. The third kappa shape index (κ3) is 2.85. The normalized spacial score (nSPS) is 20.3. The first kappa shape index (κ1) is 13.9. The quantitative estimate of drug-likeness (QED) is 0.917. The van der Waals surface area contributed by atoms with E-state index in [-0.39, 0.29) is 6.42 Å². The molecule has 1 aliphatic carbocycles. The first-order chi connectivity index (χ1) is 10.2. The van der Waals surface area contributed by atoms with E-state index in [0.29, 0.717) is 17.9 Å². The van der Waals surface area contributed by atoms with Gasteiger partial charge in [-0.05, 0) is 49.7 Å². The minimum Gasteiger partial charge on any atom is -0.481 e. The number of hydrogen-bond donors (Lipinski definition) is 1. The maximum Gasteiger partial charge on any atom is 0.303 e. The van der Waals surface area contributed by atoms with Gasteiger partial charge in [0, 0.05) is 25.2 Å². The topological polar surface area (TPSA) is 77.2 Å².